The second-order valence-corrected chi connectivity index (χ2v) is 10.9. The Hall–Kier alpha value is -2.59. The maximum absolute atomic E-state index is 13.3. The molecule has 3 aromatic rings. The molecule has 0 radical (unpaired) electrons. The van der Waals surface area contributed by atoms with Gasteiger partial charge in [-0.25, -0.2) is 13.1 Å². The molecule has 180 valence electrons. The fourth-order valence-corrected chi connectivity index (χ4v) is 5.66. The summed E-state index contributed by atoms with van der Waals surface area (Å²) in [7, 11) is -4.33. The van der Waals surface area contributed by atoms with E-state index in [1.807, 2.05) is 0 Å². The zero-order valence-corrected chi connectivity index (χ0v) is 20.4. The molecule has 1 aromatic heterocycles. The summed E-state index contributed by atoms with van der Waals surface area (Å²) in [5.41, 5.74) is 0.334. The second kappa shape index (κ2) is 9.95. The molecule has 1 heterocycles. The lowest BCUT2D eigenvalue weighted by Crippen LogP contribution is -2.37. The van der Waals surface area contributed by atoms with Gasteiger partial charge in [0.1, 0.15) is 16.6 Å². The molecule has 1 aliphatic carbocycles. The highest BCUT2D eigenvalue weighted by Crippen LogP contribution is 2.36. The van der Waals surface area contributed by atoms with Crippen molar-refractivity contribution < 1.29 is 23.4 Å². The Kier molecular flexibility index (Phi) is 7.18. The van der Waals surface area contributed by atoms with Gasteiger partial charge in [-0.1, -0.05) is 42.5 Å². The van der Waals surface area contributed by atoms with Crippen molar-refractivity contribution in [2.45, 2.75) is 43.0 Å². The molecule has 3 N–H and O–H groups in total. The first-order valence-corrected chi connectivity index (χ1v) is 13.1. The first-order valence-electron chi connectivity index (χ1n) is 10.7. The van der Waals surface area contributed by atoms with Crippen molar-refractivity contribution in [1.29, 1.82) is 0 Å². The highest BCUT2D eigenvalue weighted by Gasteiger charge is 2.34. The molecule has 1 amide bonds. The van der Waals surface area contributed by atoms with Crippen molar-refractivity contribution in [2.24, 2.45) is 0 Å². The van der Waals surface area contributed by atoms with Gasteiger partial charge in [0.2, 0.25) is 9.84 Å². The fraction of sp³-hybridized carbons (Fsp3) is 0.304. The van der Waals surface area contributed by atoms with Gasteiger partial charge < -0.3 is 15.5 Å². The summed E-state index contributed by atoms with van der Waals surface area (Å²) in [5.74, 6) is -1.90. The number of aromatic nitrogens is 2. The van der Waals surface area contributed by atoms with Crippen molar-refractivity contribution in [2.75, 3.05) is 5.94 Å². The number of carbonyl (C=O) groups excluding carboxylic acids is 1. The number of benzene rings is 2. The Morgan fingerprint density at radius 1 is 1.09 bits per heavy atom. The Bertz CT molecular complexity index is 1320. The normalized spacial score (nSPS) is 14.8. The minimum absolute atomic E-state index is 0.0267. The Labute approximate surface area is 207 Å². The average Bonchev–Trinajstić information content (AvgIpc) is 3.22. The van der Waals surface area contributed by atoms with Gasteiger partial charge >= 0.3 is 0 Å². The number of phenolic OH excluding ortho intramolecular Hbond substituents is 1. The molecule has 0 bridgehead atoms. The van der Waals surface area contributed by atoms with Crippen LogP contribution in [-0.4, -0.2) is 46.3 Å². The van der Waals surface area contributed by atoms with E-state index in [1.54, 1.807) is 12.1 Å². The quantitative estimate of drug-likeness (QED) is 0.441. The Morgan fingerprint density at radius 2 is 1.76 bits per heavy atom. The maximum atomic E-state index is 13.3. The van der Waals surface area contributed by atoms with Crippen molar-refractivity contribution >= 4 is 38.9 Å². The van der Waals surface area contributed by atoms with Crippen LogP contribution in [0.15, 0.2) is 47.4 Å². The highest BCUT2D eigenvalue weighted by molar-refractivity contribution is 7.91. The van der Waals surface area contributed by atoms with E-state index in [2.05, 4.69) is 10.4 Å². The Balaban J connectivity index is 1.97. The van der Waals surface area contributed by atoms with E-state index < -0.39 is 26.6 Å². The lowest BCUT2D eigenvalue weighted by Gasteiger charge is -2.22. The summed E-state index contributed by atoms with van der Waals surface area (Å²) in [6.07, 6.45) is 4.62. The third-order valence-electron chi connectivity index (χ3n) is 5.76. The number of aliphatic hydroxyl groups is 1. The van der Waals surface area contributed by atoms with Crippen LogP contribution in [-0.2, 0) is 9.84 Å². The van der Waals surface area contributed by atoms with Crippen molar-refractivity contribution in [3.05, 3.63) is 58.2 Å². The van der Waals surface area contributed by atoms with Crippen LogP contribution >= 0.6 is 23.2 Å². The number of hydrogen-bond acceptors (Lipinski definition) is 6. The SMILES string of the molecule is O=C(NC1CCCCC1)c1nn(-c2ccc(Cl)cc2Cl)c(-c2ccc(O)cc2)c1S(=O)(=O)CO. The molecule has 11 heteroatoms. The molecule has 8 nitrogen and oxygen atoms in total. The summed E-state index contributed by atoms with van der Waals surface area (Å²) in [6, 6.07) is 10.3. The predicted molar refractivity (Wildman–Crippen MR) is 129 cm³/mol. The fourth-order valence-electron chi connectivity index (χ4n) is 4.11. The van der Waals surface area contributed by atoms with Gasteiger partial charge in [-0.05, 0) is 55.3 Å². The number of amides is 1. The van der Waals surface area contributed by atoms with Crippen LogP contribution in [0.4, 0.5) is 0 Å². The number of hydrogen-bond donors (Lipinski definition) is 3. The molecule has 0 atom stereocenters. The summed E-state index contributed by atoms with van der Waals surface area (Å²) in [6.45, 7) is 0. The molecule has 4 rings (SSSR count). The van der Waals surface area contributed by atoms with Crippen molar-refractivity contribution in [3.63, 3.8) is 0 Å². The number of halogens is 2. The van der Waals surface area contributed by atoms with Gasteiger partial charge in [-0.15, -0.1) is 0 Å². The number of sulfone groups is 1. The minimum Gasteiger partial charge on any atom is -0.508 e. The summed E-state index contributed by atoms with van der Waals surface area (Å²) < 4.78 is 27.4. The summed E-state index contributed by atoms with van der Waals surface area (Å²) in [4.78, 5) is 12.9. The van der Waals surface area contributed by atoms with Crippen LogP contribution in [0, 0.1) is 0 Å². The standard InChI is InChI=1S/C23H23Cl2N3O5S/c24-15-8-11-19(18(25)12-15)28-21(14-6-9-17(30)10-7-14)22(34(32,33)13-29)20(27-28)23(31)26-16-4-2-1-3-5-16/h6-12,16,29-30H,1-5,13H2,(H,26,31). The predicted octanol–water partition coefficient (Wildman–Crippen LogP) is 4.34. The first kappa shape index (κ1) is 24.5. The number of aliphatic hydroxyl groups excluding tert-OH is 1. The van der Waals surface area contributed by atoms with E-state index in [4.69, 9.17) is 23.2 Å². The molecule has 1 fully saturated rings. The Morgan fingerprint density at radius 3 is 2.38 bits per heavy atom. The van der Waals surface area contributed by atoms with E-state index in [1.165, 1.54) is 35.0 Å². The van der Waals surface area contributed by atoms with Crippen molar-refractivity contribution in [1.82, 2.24) is 15.1 Å². The number of carbonyl (C=O) groups is 1. The van der Waals surface area contributed by atoms with E-state index in [-0.39, 0.29) is 28.2 Å². The molecule has 34 heavy (non-hydrogen) atoms. The summed E-state index contributed by atoms with van der Waals surface area (Å²) >= 11 is 12.4. The first-order chi connectivity index (χ1) is 16.2. The van der Waals surface area contributed by atoms with Crippen molar-refractivity contribution in [3.8, 4) is 22.7 Å². The van der Waals surface area contributed by atoms with E-state index in [0.29, 0.717) is 16.3 Å². The van der Waals surface area contributed by atoms with Crippen LogP contribution in [0.1, 0.15) is 42.6 Å². The monoisotopic (exact) mass is 523 g/mol. The maximum Gasteiger partial charge on any atom is 0.273 e. The van der Waals surface area contributed by atoms with Crippen LogP contribution in [0.2, 0.25) is 10.0 Å². The molecule has 0 spiro atoms. The number of aromatic hydroxyl groups is 1. The van der Waals surface area contributed by atoms with E-state index in [0.717, 1.165) is 32.1 Å². The highest BCUT2D eigenvalue weighted by atomic mass is 35.5. The van der Waals surface area contributed by atoms with Gasteiger partial charge in [0.05, 0.1) is 16.4 Å². The van der Waals surface area contributed by atoms with Gasteiger partial charge in [0.15, 0.2) is 5.69 Å². The van der Waals surface area contributed by atoms with E-state index in [9.17, 15) is 23.4 Å². The number of phenols is 1. The molecule has 2 aromatic carbocycles. The van der Waals surface area contributed by atoms with Gasteiger partial charge in [-0.3, -0.25) is 4.79 Å². The lowest BCUT2D eigenvalue weighted by atomic mass is 9.95. The molecule has 1 aliphatic rings. The number of nitrogens with zero attached hydrogens (tertiary/aromatic N) is 2. The van der Waals surface area contributed by atoms with Gasteiger partial charge in [-0.2, -0.15) is 5.10 Å². The molecular weight excluding hydrogens is 501 g/mol. The third kappa shape index (κ3) is 4.93. The average molecular weight is 524 g/mol. The molecular formula is C23H23Cl2N3O5S. The van der Waals surface area contributed by atoms with Gasteiger partial charge in [0.25, 0.3) is 5.91 Å². The van der Waals surface area contributed by atoms with Gasteiger partial charge in [0, 0.05) is 16.6 Å². The van der Waals surface area contributed by atoms with Crippen LogP contribution in [0.5, 0.6) is 5.75 Å². The smallest absolute Gasteiger partial charge is 0.273 e. The lowest BCUT2D eigenvalue weighted by molar-refractivity contribution is 0.0919. The third-order valence-corrected chi connectivity index (χ3v) is 7.64. The van der Waals surface area contributed by atoms with Crippen LogP contribution in [0.25, 0.3) is 16.9 Å². The topological polar surface area (TPSA) is 122 Å². The second-order valence-electron chi connectivity index (χ2n) is 8.13. The summed E-state index contributed by atoms with van der Waals surface area (Å²) in [5, 5.41) is 27.3. The largest absolute Gasteiger partial charge is 0.508 e. The molecule has 0 aliphatic heterocycles. The van der Waals surface area contributed by atoms with Crippen LogP contribution < -0.4 is 5.32 Å². The molecule has 1 saturated carbocycles. The zero-order chi connectivity index (χ0) is 24.5. The van der Waals surface area contributed by atoms with Crippen LogP contribution in [0.3, 0.4) is 0 Å². The zero-order valence-electron chi connectivity index (χ0n) is 18.0. The molecule has 0 unspecified atom stereocenters. The molecule has 0 saturated heterocycles. The van der Waals surface area contributed by atoms with E-state index >= 15 is 0 Å². The minimum atomic E-state index is -4.33. The number of rotatable bonds is 6. The number of nitrogens with one attached hydrogen (secondary N) is 1.